The van der Waals surface area contributed by atoms with Gasteiger partial charge in [-0.25, -0.2) is 0 Å². The highest BCUT2D eigenvalue weighted by Crippen LogP contribution is 2.18. The minimum Gasteiger partial charge on any atom is -0.481 e. The molecule has 0 aromatic heterocycles. The smallest absolute Gasteiger partial charge is 0.306 e. The van der Waals surface area contributed by atoms with Crippen LogP contribution in [-0.4, -0.2) is 35.6 Å². The van der Waals surface area contributed by atoms with Crippen LogP contribution in [0.15, 0.2) is 0 Å². The number of likely N-dealkylation sites (tertiary alicyclic amines) is 1. The van der Waals surface area contributed by atoms with Crippen molar-refractivity contribution < 1.29 is 9.90 Å². The molecule has 3 heteroatoms. The van der Waals surface area contributed by atoms with Crippen LogP contribution in [0, 0.1) is 5.92 Å². The first-order chi connectivity index (χ1) is 11.2. The second kappa shape index (κ2) is 13.8. The maximum atomic E-state index is 10.9. The molecule has 0 atom stereocenters. The molecule has 1 aliphatic heterocycles. The lowest BCUT2D eigenvalue weighted by molar-refractivity contribution is -0.143. The summed E-state index contributed by atoms with van der Waals surface area (Å²) < 4.78 is 0. The normalized spacial score (nSPS) is 16.7. The number of piperidine rings is 1. The SMILES string of the molecule is CCCCCCCCCCCCCCN1CCC(C(=O)O)CC1. The van der Waals surface area contributed by atoms with Crippen LogP contribution >= 0.6 is 0 Å². The zero-order chi connectivity index (χ0) is 16.8. The van der Waals surface area contributed by atoms with E-state index in [-0.39, 0.29) is 5.92 Å². The molecule has 0 aromatic rings. The zero-order valence-corrected chi connectivity index (χ0v) is 15.4. The number of unbranched alkanes of at least 4 members (excludes halogenated alkanes) is 11. The van der Waals surface area contributed by atoms with Crippen molar-refractivity contribution in [3.63, 3.8) is 0 Å². The molecule has 0 radical (unpaired) electrons. The quantitative estimate of drug-likeness (QED) is 0.430. The summed E-state index contributed by atoms with van der Waals surface area (Å²) in [5, 5.41) is 8.99. The lowest BCUT2D eigenvalue weighted by Gasteiger charge is -2.29. The Morgan fingerprint density at radius 1 is 0.826 bits per heavy atom. The van der Waals surface area contributed by atoms with Gasteiger partial charge in [-0.1, -0.05) is 77.6 Å². The van der Waals surface area contributed by atoms with Crippen LogP contribution in [0.1, 0.15) is 96.8 Å². The Labute approximate surface area is 143 Å². The first-order valence-electron chi connectivity index (χ1n) is 10.2. The van der Waals surface area contributed by atoms with Gasteiger partial charge in [0.15, 0.2) is 0 Å². The predicted molar refractivity (Wildman–Crippen MR) is 97.9 cm³/mol. The van der Waals surface area contributed by atoms with Crippen molar-refractivity contribution >= 4 is 5.97 Å². The number of carboxylic acid groups (broad SMARTS) is 1. The van der Waals surface area contributed by atoms with Gasteiger partial charge in [0.1, 0.15) is 0 Å². The van der Waals surface area contributed by atoms with E-state index in [0.717, 1.165) is 25.9 Å². The van der Waals surface area contributed by atoms with E-state index in [2.05, 4.69) is 11.8 Å². The fraction of sp³-hybridized carbons (Fsp3) is 0.950. The van der Waals surface area contributed by atoms with Crippen LogP contribution in [0.2, 0.25) is 0 Å². The largest absolute Gasteiger partial charge is 0.481 e. The third kappa shape index (κ3) is 10.8. The molecule has 136 valence electrons. The Hall–Kier alpha value is -0.570. The topological polar surface area (TPSA) is 40.5 Å². The van der Waals surface area contributed by atoms with Gasteiger partial charge in [0.25, 0.3) is 0 Å². The molecule has 3 nitrogen and oxygen atoms in total. The van der Waals surface area contributed by atoms with Crippen LogP contribution in [-0.2, 0) is 4.79 Å². The molecule has 1 heterocycles. The van der Waals surface area contributed by atoms with Gasteiger partial charge in [0.05, 0.1) is 5.92 Å². The number of aliphatic carboxylic acids is 1. The summed E-state index contributed by atoms with van der Waals surface area (Å²) >= 11 is 0. The van der Waals surface area contributed by atoms with Gasteiger partial charge < -0.3 is 10.0 Å². The summed E-state index contributed by atoms with van der Waals surface area (Å²) in [6.45, 7) is 5.41. The fourth-order valence-corrected chi connectivity index (χ4v) is 3.58. The lowest BCUT2D eigenvalue weighted by Crippen LogP contribution is -2.36. The minimum atomic E-state index is -0.602. The van der Waals surface area contributed by atoms with Crippen molar-refractivity contribution in [3.05, 3.63) is 0 Å². The van der Waals surface area contributed by atoms with Gasteiger partial charge in [-0.05, 0) is 38.9 Å². The zero-order valence-electron chi connectivity index (χ0n) is 15.4. The molecule has 1 fully saturated rings. The van der Waals surface area contributed by atoms with Gasteiger partial charge in [-0.15, -0.1) is 0 Å². The number of carbonyl (C=O) groups is 1. The highest BCUT2D eigenvalue weighted by molar-refractivity contribution is 5.70. The molecule has 23 heavy (non-hydrogen) atoms. The highest BCUT2D eigenvalue weighted by Gasteiger charge is 2.23. The molecule has 0 aromatic carbocycles. The lowest BCUT2D eigenvalue weighted by atomic mass is 9.97. The standard InChI is InChI=1S/C20H39NO2/c1-2-3-4-5-6-7-8-9-10-11-12-13-16-21-17-14-19(15-18-21)20(22)23/h19H,2-18H2,1H3,(H,22,23). The fourth-order valence-electron chi connectivity index (χ4n) is 3.58. The molecule has 1 saturated heterocycles. The van der Waals surface area contributed by atoms with E-state index in [1.807, 2.05) is 0 Å². The summed E-state index contributed by atoms with van der Waals surface area (Å²) in [6.07, 6.45) is 18.4. The molecule has 0 unspecified atom stereocenters. The molecule has 0 bridgehead atoms. The summed E-state index contributed by atoms with van der Waals surface area (Å²) in [7, 11) is 0. The van der Waals surface area contributed by atoms with Crippen LogP contribution < -0.4 is 0 Å². The van der Waals surface area contributed by atoms with Gasteiger partial charge >= 0.3 is 5.97 Å². The number of rotatable bonds is 14. The monoisotopic (exact) mass is 325 g/mol. The van der Waals surface area contributed by atoms with Crippen molar-refractivity contribution in [2.24, 2.45) is 5.92 Å². The number of carboxylic acids is 1. The van der Waals surface area contributed by atoms with Crippen LogP contribution in [0.5, 0.6) is 0 Å². The molecule has 1 aliphatic rings. The minimum absolute atomic E-state index is 0.0896. The van der Waals surface area contributed by atoms with Crippen LogP contribution in [0.4, 0.5) is 0 Å². The van der Waals surface area contributed by atoms with Crippen molar-refractivity contribution in [1.29, 1.82) is 0 Å². The third-order valence-corrected chi connectivity index (χ3v) is 5.26. The maximum Gasteiger partial charge on any atom is 0.306 e. The van der Waals surface area contributed by atoms with Gasteiger partial charge in [-0.2, -0.15) is 0 Å². The average molecular weight is 326 g/mol. The summed E-state index contributed by atoms with van der Waals surface area (Å²) in [6, 6.07) is 0. The summed E-state index contributed by atoms with van der Waals surface area (Å²) in [5.41, 5.74) is 0. The molecule has 0 amide bonds. The molecular formula is C20H39NO2. The van der Waals surface area contributed by atoms with E-state index >= 15 is 0 Å². The Balaban J connectivity index is 1.79. The van der Waals surface area contributed by atoms with Crippen molar-refractivity contribution in [3.8, 4) is 0 Å². The first-order valence-corrected chi connectivity index (χ1v) is 10.2. The van der Waals surface area contributed by atoms with E-state index in [9.17, 15) is 4.79 Å². The molecule has 1 rings (SSSR count). The Morgan fingerprint density at radius 2 is 1.26 bits per heavy atom. The van der Waals surface area contributed by atoms with Crippen molar-refractivity contribution in [2.75, 3.05) is 19.6 Å². The van der Waals surface area contributed by atoms with Gasteiger partial charge in [0, 0.05) is 0 Å². The highest BCUT2D eigenvalue weighted by atomic mass is 16.4. The molecule has 0 spiro atoms. The van der Waals surface area contributed by atoms with Crippen LogP contribution in [0.25, 0.3) is 0 Å². The van der Waals surface area contributed by atoms with E-state index in [4.69, 9.17) is 5.11 Å². The Kier molecular flexibility index (Phi) is 12.3. The number of nitrogens with zero attached hydrogens (tertiary/aromatic N) is 1. The Bertz CT molecular complexity index is 285. The molecule has 1 N–H and O–H groups in total. The van der Waals surface area contributed by atoms with Crippen molar-refractivity contribution in [1.82, 2.24) is 4.90 Å². The summed E-state index contributed by atoms with van der Waals surface area (Å²) in [5.74, 6) is -0.691. The second-order valence-electron chi connectivity index (χ2n) is 7.34. The molecule has 0 saturated carbocycles. The second-order valence-corrected chi connectivity index (χ2v) is 7.34. The Morgan fingerprint density at radius 3 is 1.70 bits per heavy atom. The predicted octanol–water partition coefficient (Wildman–Crippen LogP) is 5.48. The number of hydrogen-bond donors (Lipinski definition) is 1. The first kappa shape index (κ1) is 20.5. The van der Waals surface area contributed by atoms with E-state index < -0.39 is 5.97 Å². The van der Waals surface area contributed by atoms with E-state index in [0.29, 0.717) is 0 Å². The van der Waals surface area contributed by atoms with Crippen molar-refractivity contribution in [2.45, 2.75) is 96.8 Å². The number of hydrogen-bond acceptors (Lipinski definition) is 2. The van der Waals surface area contributed by atoms with E-state index in [1.165, 1.54) is 83.6 Å². The third-order valence-electron chi connectivity index (χ3n) is 5.26. The maximum absolute atomic E-state index is 10.9. The molecular weight excluding hydrogens is 286 g/mol. The van der Waals surface area contributed by atoms with Gasteiger partial charge in [-0.3, -0.25) is 4.79 Å². The van der Waals surface area contributed by atoms with E-state index in [1.54, 1.807) is 0 Å². The summed E-state index contributed by atoms with van der Waals surface area (Å²) in [4.78, 5) is 13.4. The average Bonchev–Trinajstić information content (AvgIpc) is 2.56. The van der Waals surface area contributed by atoms with Crippen LogP contribution in [0.3, 0.4) is 0 Å². The molecule has 0 aliphatic carbocycles. The van der Waals surface area contributed by atoms with Gasteiger partial charge in [0.2, 0.25) is 0 Å².